The number of nitrogens with one attached hydrogen (secondary N) is 1. The second kappa shape index (κ2) is 7.96. The van der Waals surface area contributed by atoms with Crippen molar-refractivity contribution in [3.8, 4) is 11.5 Å². The molecule has 0 aliphatic heterocycles. The summed E-state index contributed by atoms with van der Waals surface area (Å²) < 4.78 is 18.6. The van der Waals surface area contributed by atoms with E-state index in [1.807, 2.05) is 0 Å². The first-order valence-corrected chi connectivity index (χ1v) is 8.62. The van der Waals surface area contributed by atoms with Crippen LogP contribution in [0.3, 0.4) is 0 Å². The van der Waals surface area contributed by atoms with Crippen LogP contribution < -0.4 is 5.32 Å². The Balaban J connectivity index is 1.67. The number of rotatable bonds is 6. The van der Waals surface area contributed by atoms with Gasteiger partial charge in [-0.25, -0.2) is 4.39 Å². The van der Waals surface area contributed by atoms with E-state index >= 15 is 0 Å². The van der Waals surface area contributed by atoms with E-state index in [2.05, 4.69) is 15.5 Å². The van der Waals surface area contributed by atoms with Gasteiger partial charge in [0.25, 0.3) is 10.9 Å². The number of halogens is 1. The number of aromatic nitrogens is 2. The SMILES string of the molecule is C[C@H](Sc1nnc(-c2cccc([N+](=O)[O-])c2)o1)C(=O)Nc1cccc(F)c1. The van der Waals surface area contributed by atoms with Crippen LogP contribution in [0.2, 0.25) is 0 Å². The lowest BCUT2D eigenvalue weighted by atomic mass is 10.2. The molecule has 1 N–H and O–H groups in total. The predicted octanol–water partition coefficient (Wildman–Crippen LogP) is 3.90. The smallest absolute Gasteiger partial charge is 0.277 e. The molecule has 138 valence electrons. The minimum atomic E-state index is -0.591. The molecule has 1 heterocycles. The molecule has 1 amide bonds. The molecule has 0 saturated carbocycles. The number of non-ortho nitro benzene ring substituents is 1. The predicted molar refractivity (Wildman–Crippen MR) is 96.7 cm³/mol. The third-order valence-corrected chi connectivity index (χ3v) is 4.38. The van der Waals surface area contributed by atoms with Crippen LogP contribution in [-0.2, 0) is 4.79 Å². The number of nitrogens with zero attached hydrogens (tertiary/aromatic N) is 3. The summed E-state index contributed by atoms with van der Waals surface area (Å²) in [4.78, 5) is 22.5. The van der Waals surface area contributed by atoms with E-state index in [-0.39, 0.29) is 22.7 Å². The molecule has 3 aromatic rings. The molecule has 0 fully saturated rings. The highest BCUT2D eigenvalue weighted by molar-refractivity contribution is 8.00. The van der Waals surface area contributed by atoms with Gasteiger partial charge in [-0.15, -0.1) is 10.2 Å². The minimum absolute atomic E-state index is 0.0947. The zero-order valence-electron chi connectivity index (χ0n) is 14.0. The first-order chi connectivity index (χ1) is 12.9. The highest BCUT2D eigenvalue weighted by atomic mass is 32.2. The van der Waals surface area contributed by atoms with Crippen molar-refractivity contribution in [1.29, 1.82) is 0 Å². The number of hydrogen-bond donors (Lipinski definition) is 1. The van der Waals surface area contributed by atoms with Crippen molar-refractivity contribution in [3.63, 3.8) is 0 Å². The van der Waals surface area contributed by atoms with Gasteiger partial charge in [0.15, 0.2) is 0 Å². The molecule has 10 heteroatoms. The van der Waals surface area contributed by atoms with E-state index in [0.717, 1.165) is 11.8 Å². The van der Waals surface area contributed by atoms with Gasteiger partial charge in [-0.2, -0.15) is 0 Å². The number of carbonyl (C=O) groups excluding carboxylic acids is 1. The van der Waals surface area contributed by atoms with Crippen molar-refractivity contribution in [3.05, 3.63) is 64.5 Å². The van der Waals surface area contributed by atoms with E-state index < -0.39 is 16.0 Å². The van der Waals surface area contributed by atoms with Gasteiger partial charge in [0.2, 0.25) is 11.8 Å². The maximum Gasteiger partial charge on any atom is 0.277 e. The van der Waals surface area contributed by atoms with Crippen molar-refractivity contribution < 1.29 is 18.5 Å². The van der Waals surface area contributed by atoms with Crippen molar-refractivity contribution in [2.45, 2.75) is 17.4 Å². The lowest BCUT2D eigenvalue weighted by Gasteiger charge is -2.09. The van der Waals surface area contributed by atoms with Crippen LogP contribution in [0.25, 0.3) is 11.5 Å². The Morgan fingerprint density at radius 1 is 1.26 bits per heavy atom. The normalized spacial score (nSPS) is 11.8. The molecule has 2 aromatic carbocycles. The Bertz CT molecular complexity index is 994. The number of hydrogen-bond acceptors (Lipinski definition) is 7. The molecule has 1 atom stereocenters. The van der Waals surface area contributed by atoms with Crippen LogP contribution in [0, 0.1) is 15.9 Å². The highest BCUT2D eigenvalue weighted by Crippen LogP contribution is 2.28. The van der Waals surface area contributed by atoms with Gasteiger partial charge in [0.05, 0.1) is 10.2 Å². The molecular formula is C17H13FN4O4S. The van der Waals surface area contributed by atoms with E-state index in [1.165, 1.54) is 36.4 Å². The monoisotopic (exact) mass is 388 g/mol. The summed E-state index contributed by atoms with van der Waals surface area (Å²) in [6, 6.07) is 11.4. The third-order valence-electron chi connectivity index (χ3n) is 3.45. The number of amides is 1. The molecule has 0 bridgehead atoms. The van der Waals surface area contributed by atoms with Crippen molar-refractivity contribution in [2.75, 3.05) is 5.32 Å². The van der Waals surface area contributed by atoms with Crippen LogP contribution in [0.4, 0.5) is 15.8 Å². The van der Waals surface area contributed by atoms with Crippen LogP contribution >= 0.6 is 11.8 Å². The van der Waals surface area contributed by atoms with Crippen LogP contribution in [0.5, 0.6) is 0 Å². The summed E-state index contributed by atoms with van der Waals surface area (Å²) in [6.45, 7) is 1.64. The summed E-state index contributed by atoms with van der Waals surface area (Å²) in [5.74, 6) is -0.703. The first kappa shape index (κ1) is 18.5. The lowest BCUT2D eigenvalue weighted by molar-refractivity contribution is -0.384. The second-order valence-electron chi connectivity index (χ2n) is 5.44. The molecule has 0 aliphatic rings. The van der Waals surface area contributed by atoms with Gasteiger partial charge in [-0.05, 0) is 31.2 Å². The fourth-order valence-corrected chi connectivity index (χ4v) is 2.82. The molecule has 1 aromatic heterocycles. The molecule has 8 nitrogen and oxygen atoms in total. The van der Waals surface area contributed by atoms with Crippen LogP contribution in [0.1, 0.15) is 6.92 Å². The summed E-state index contributed by atoms with van der Waals surface area (Å²) >= 11 is 1.02. The molecule has 0 saturated heterocycles. The fraction of sp³-hybridized carbons (Fsp3) is 0.118. The highest BCUT2D eigenvalue weighted by Gasteiger charge is 2.19. The van der Waals surface area contributed by atoms with Crippen LogP contribution in [-0.4, -0.2) is 26.3 Å². The molecule has 3 rings (SSSR count). The van der Waals surface area contributed by atoms with Crippen molar-refractivity contribution in [2.24, 2.45) is 0 Å². The fourth-order valence-electron chi connectivity index (χ4n) is 2.14. The zero-order chi connectivity index (χ0) is 19.4. The van der Waals surface area contributed by atoms with E-state index in [9.17, 15) is 19.3 Å². The lowest BCUT2D eigenvalue weighted by Crippen LogP contribution is -2.22. The van der Waals surface area contributed by atoms with E-state index in [0.29, 0.717) is 11.3 Å². The molecule has 27 heavy (non-hydrogen) atoms. The summed E-state index contributed by atoms with van der Waals surface area (Å²) in [5.41, 5.74) is 0.651. The van der Waals surface area contributed by atoms with Gasteiger partial charge in [0, 0.05) is 23.4 Å². The Morgan fingerprint density at radius 2 is 2.04 bits per heavy atom. The number of benzene rings is 2. The van der Waals surface area contributed by atoms with Crippen molar-refractivity contribution in [1.82, 2.24) is 10.2 Å². The number of nitro groups is 1. The van der Waals surface area contributed by atoms with Crippen LogP contribution in [0.15, 0.2) is 58.2 Å². The Kier molecular flexibility index (Phi) is 5.46. The summed E-state index contributed by atoms with van der Waals surface area (Å²) in [6.07, 6.45) is 0. The Labute approximate surface area is 156 Å². The van der Waals surface area contributed by atoms with E-state index in [1.54, 1.807) is 19.1 Å². The number of carbonyl (C=O) groups is 1. The first-order valence-electron chi connectivity index (χ1n) is 7.74. The number of nitro benzene ring substituents is 1. The summed E-state index contributed by atoms with van der Waals surface area (Å²) in [7, 11) is 0. The Morgan fingerprint density at radius 3 is 2.78 bits per heavy atom. The average Bonchev–Trinajstić information content (AvgIpc) is 3.10. The van der Waals surface area contributed by atoms with E-state index in [4.69, 9.17) is 4.42 Å². The average molecular weight is 388 g/mol. The molecular weight excluding hydrogens is 375 g/mol. The van der Waals surface area contributed by atoms with Gasteiger partial charge >= 0.3 is 0 Å². The minimum Gasteiger partial charge on any atom is -0.411 e. The maximum absolute atomic E-state index is 13.2. The number of thioether (sulfide) groups is 1. The topological polar surface area (TPSA) is 111 Å². The third kappa shape index (κ3) is 4.67. The Hall–Kier alpha value is -3.27. The largest absolute Gasteiger partial charge is 0.411 e. The van der Waals surface area contributed by atoms with Gasteiger partial charge in [-0.1, -0.05) is 23.9 Å². The van der Waals surface area contributed by atoms with Gasteiger partial charge in [-0.3, -0.25) is 14.9 Å². The second-order valence-corrected chi connectivity index (χ2v) is 6.73. The molecule has 0 radical (unpaired) electrons. The molecule has 0 unspecified atom stereocenters. The quantitative estimate of drug-likeness (QED) is 0.387. The van der Waals surface area contributed by atoms with Gasteiger partial charge in [0.1, 0.15) is 5.82 Å². The maximum atomic E-state index is 13.2. The standard InChI is InChI=1S/C17H13FN4O4S/c1-10(15(23)19-13-6-3-5-12(18)9-13)27-17-21-20-16(26-17)11-4-2-7-14(8-11)22(24)25/h2-10H,1H3,(H,19,23)/t10-/m0/s1. The molecule has 0 spiro atoms. The van der Waals surface area contributed by atoms with Crippen molar-refractivity contribution >= 4 is 29.0 Å². The van der Waals surface area contributed by atoms with Gasteiger partial charge < -0.3 is 9.73 Å². The zero-order valence-corrected chi connectivity index (χ0v) is 14.8. The molecule has 0 aliphatic carbocycles. The number of anilines is 1. The summed E-state index contributed by atoms with van der Waals surface area (Å²) in [5, 5.41) is 20.7.